The molecule has 1 unspecified atom stereocenters. The van der Waals surface area contributed by atoms with Crippen molar-refractivity contribution in [3.05, 3.63) is 94.2 Å². The molecule has 0 aliphatic rings. The van der Waals surface area contributed by atoms with Crippen LogP contribution in [0.3, 0.4) is 0 Å². The monoisotopic (exact) mass is 493 g/mol. The van der Waals surface area contributed by atoms with Gasteiger partial charge in [-0.1, -0.05) is 59.2 Å². The van der Waals surface area contributed by atoms with E-state index in [1.807, 2.05) is 42.5 Å². The highest BCUT2D eigenvalue weighted by Crippen LogP contribution is 2.29. The first-order valence-electron chi connectivity index (χ1n) is 10.9. The van der Waals surface area contributed by atoms with Crippen molar-refractivity contribution < 1.29 is 23.6 Å². The molecule has 0 amide bonds. The number of carbonyl (C=O) groups excluding carboxylic acids is 2. The number of halogens is 1. The van der Waals surface area contributed by atoms with Crippen LogP contribution < -0.4 is 0 Å². The van der Waals surface area contributed by atoms with E-state index >= 15 is 0 Å². The Labute approximate surface area is 207 Å². The van der Waals surface area contributed by atoms with Crippen LogP contribution in [0.5, 0.6) is 0 Å². The van der Waals surface area contributed by atoms with Gasteiger partial charge in [-0.25, -0.2) is 9.78 Å². The van der Waals surface area contributed by atoms with Crippen molar-refractivity contribution in [3.63, 3.8) is 0 Å². The van der Waals surface area contributed by atoms with Gasteiger partial charge in [-0.15, -0.1) is 0 Å². The smallest absolute Gasteiger partial charge is 0.356 e. The molecule has 1 atom stereocenters. The van der Waals surface area contributed by atoms with E-state index in [2.05, 4.69) is 10.1 Å². The second-order valence-electron chi connectivity index (χ2n) is 8.00. The second-order valence-corrected chi connectivity index (χ2v) is 8.41. The fraction of sp³-hybridized carbons (Fsp3) is 0.231. The lowest BCUT2D eigenvalue weighted by atomic mass is 10.0. The van der Waals surface area contributed by atoms with Gasteiger partial charge in [-0.3, -0.25) is 4.79 Å². The summed E-state index contributed by atoms with van der Waals surface area (Å²) < 4.78 is 17.7. The summed E-state index contributed by atoms with van der Waals surface area (Å²) in [5, 5.41) is 4.60. The van der Waals surface area contributed by atoms with Gasteiger partial charge in [0.1, 0.15) is 11.8 Å². The first kappa shape index (κ1) is 24.2. The molecule has 0 spiro atoms. The zero-order chi connectivity index (χ0) is 24.9. The summed E-state index contributed by atoms with van der Waals surface area (Å²) in [5.41, 5.74) is 4.12. The normalized spacial score (nSPS) is 11.8. The quantitative estimate of drug-likeness (QED) is 0.312. The number of rotatable bonds is 8. The number of carbonyl (C=O) groups is 2. The molecule has 4 aromatic rings. The highest BCUT2D eigenvalue weighted by atomic mass is 35.5. The fourth-order valence-corrected chi connectivity index (χ4v) is 4.04. The van der Waals surface area contributed by atoms with E-state index in [0.717, 1.165) is 16.7 Å². The first-order valence-corrected chi connectivity index (χ1v) is 11.3. The number of ether oxygens (including phenoxy) is 2. The fourth-order valence-electron chi connectivity index (χ4n) is 3.75. The van der Waals surface area contributed by atoms with E-state index in [-0.39, 0.29) is 6.42 Å². The number of benzene rings is 2. The summed E-state index contributed by atoms with van der Waals surface area (Å²) in [5.74, 6) is -0.344. The second kappa shape index (κ2) is 10.6. The van der Waals surface area contributed by atoms with Crippen LogP contribution in [0.4, 0.5) is 0 Å². The van der Waals surface area contributed by atoms with Gasteiger partial charge in [0.05, 0.1) is 31.7 Å². The SMILES string of the molecule is COC(=O)c1cncn1Cc1ccc(-c2onc(C)c2CC(=O)OC(C)c2ccccc2Cl)cc1. The van der Waals surface area contributed by atoms with Crippen LogP contribution in [0.25, 0.3) is 11.3 Å². The topological polar surface area (TPSA) is 96.5 Å². The zero-order valence-electron chi connectivity index (χ0n) is 19.5. The predicted molar refractivity (Wildman–Crippen MR) is 129 cm³/mol. The highest BCUT2D eigenvalue weighted by Gasteiger charge is 2.21. The van der Waals surface area contributed by atoms with Crippen LogP contribution in [0.2, 0.25) is 5.02 Å². The Hall–Kier alpha value is -3.91. The maximum atomic E-state index is 12.7. The molecule has 180 valence electrons. The minimum absolute atomic E-state index is 0.0126. The van der Waals surface area contributed by atoms with Crippen molar-refractivity contribution in [3.8, 4) is 11.3 Å². The van der Waals surface area contributed by atoms with E-state index in [1.165, 1.54) is 13.3 Å². The molecule has 2 heterocycles. The number of imidazole rings is 1. The lowest BCUT2D eigenvalue weighted by Gasteiger charge is -2.15. The lowest BCUT2D eigenvalue weighted by Crippen LogP contribution is -2.12. The molecule has 35 heavy (non-hydrogen) atoms. The summed E-state index contributed by atoms with van der Waals surface area (Å²) in [6.07, 6.45) is 2.57. The van der Waals surface area contributed by atoms with Crippen LogP contribution in [0.1, 0.15) is 45.9 Å². The molecule has 0 saturated heterocycles. The summed E-state index contributed by atoms with van der Waals surface area (Å²) in [7, 11) is 1.33. The van der Waals surface area contributed by atoms with Crippen molar-refractivity contribution in [1.29, 1.82) is 0 Å². The summed E-state index contributed by atoms with van der Waals surface area (Å²) in [6.45, 7) is 4.01. The van der Waals surface area contributed by atoms with Crippen molar-refractivity contribution in [2.45, 2.75) is 32.9 Å². The molecule has 8 nitrogen and oxygen atoms in total. The molecule has 0 N–H and O–H groups in total. The molecule has 9 heteroatoms. The molecule has 2 aromatic carbocycles. The molecule has 0 fully saturated rings. The molecule has 0 saturated carbocycles. The molecule has 2 aromatic heterocycles. The van der Waals surface area contributed by atoms with Gasteiger partial charge in [0, 0.05) is 28.3 Å². The number of aromatic nitrogens is 3. The van der Waals surface area contributed by atoms with Crippen molar-refractivity contribution >= 4 is 23.5 Å². The van der Waals surface area contributed by atoms with Crippen LogP contribution in [-0.2, 0) is 27.2 Å². The largest absolute Gasteiger partial charge is 0.464 e. The molecule has 0 aliphatic heterocycles. The Morgan fingerprint density at radius 3 is 2.60 bits per heavy atom. The Kier molecular flexibility index (Phi) is 7.31. The zero-order valence-corrected chi connectivity index (χ0v) is 20.3. The number of aryl methyl sites for hydroxylation is 1. The molecule has 0 radical (unpaired) electrons. The average molecular weight is 494 g/mol. The van der Waals surface area contributed by atoms with Crippen molar-refractivity contribution in [2.75, 3.05) is 7.11 Å². The number of nitrogens with zero attached hydrogens (tertiary/aromatic N) is 3. The Morgan fingerprint density at radius 2 is 1.89 bits per heavy atom. The van der Waals surface area contributed by atoms with Gasteiger partial charge in [-0.2, -0.15) is 0 Å². The van der Waals surface area contributed by atoms with Crippen molar-refractivity contribution in [1.82, 2.24) is 14.7 Å². The summed E-state index contributed by atoms with van der Waals surface area (Å²) >= 11 is 6.22. The van der Waals surface area contributed by atoms with Gasteiger partial charge < -0.3 is 18.6 Å². The van der Waals surface area contributed by atoms with Crippen LogP contribution >= 0.6 is 11.6 Å². The van der Waals surface area contributed by atoms with E-state index < -0.39 is 18.0 Å². The predicted octanol–water partition coefficient (Wildman–Crippen LogP) is 5.18. The average Bonchev–Trinajstić information content (AvgIpc) is 3.46. The van der Waals surface area contributed by atoms with Crippen LogP contribution in [-0.4, -0.2) is 33.8 Å². The summed E-state index contributed by atoms with van der Waals surface area (Å²) in [4.78, 5) is 28.6. The third-order valence-electron chi connectivity index (χ3n) is 5.63. The van der Waals surface area contributed by atoms with Gasteiger partial charge in [0.2, 0.25) is 0 Å². The number of esters is 2. The molecular formula is C26H24ClN3O5. The van der Waals surface area contributed by atoms with E-state index in [1.54, 1.807) is 30.8 Å². The highest BCUT2D eigenvalue weighted by molar-refractivity contribution is 6.31. The Balaban J connectivity index is 1.47. The molecular weight excluding hydrogens is 470 g/mol. The van der Waals surface area contributed by atoms with Gasteiger partial charge in [0.15, 0.2) is 5.76 Å². The lowest BCUT2D eigenvalue weighted by molar-refractivity contribution is -0.147. The first-order chi connectivity index (χ1) is 16.9. The van der Waals surface area contributed by atoms with Crippen LogP contribution in [0.15, 0.2) is 65.6 Å². The number of hydrogen-bond acceptors (Lipinski definition) is 7. The standard InChI is InChI=1S/C26H24ClN3O5/c1-16-21(12-24(31)34-17(2)20-6-4-5-7-22(20)27)25(35-29-16)19-10-8-18(9-11-19)14-30-15-28-13-23(30)26(32)33-3/h4-11,13,15,17H,12,14H2,1-3H3. The van der Waals surface area contributed by atoms with Gasteiger partial charge >= 0.3 is 11.9 Å². The van der Waals surface area contributed by atoms with E-state index in [4.69, 9.17) is 25.6 Å². The molecule has 0 aliphatic carbocycles. The van der Waals surface area contributed by atoms with Crippen LogP contribution in [0, 0.1) is 6.92 Å². The molecule has 0 bridgehead atoms. The maximum Gasteiger partial charge on any atom is 0.356 e. The third kappa shape index (κ3) is 5.44. The minimum atomic E-state index is -0.489. The third-order valence-corrected chi connectivity index (χ3v) is 5.98. The Morgan fingerprint density at radius 1 is 1.14 bits per heavy atom. The van der Waals surface area contributed by atoms with Gasteiger partial charge in [0.25, 0.3) is 0 Å². The summed E-state index contributed by atoms with van der Waals surface area (Å²) in [6, 6.07) is 14.8. The minimum Gasteiger partial charge on any atom is -0.464 e. The Bertz CT molecular complexity index is 1340. The number of methoxy groups -OCH3 is 1. The van der Waals surface area contributed by atoms with Crippen molar-refractivity contribution in [2.24, 2.45) is 0 Å². The molecule has 4 rings (SSSR count). The number of hydrogen-bond donors (Lipinski definition) is 0. The van der Waals surface area contributed by atoms with E-state index in [9.17, 15) is 9.59 Å². The van der Waals surface area contributed by atoms with Gasteiger partial charge in [-0.05, 0) is 25.5 Å². The maximum absolute atomic E-state index is 12.7. The van der Waals surface area contributed by atoms with E-state index in [0.29, 0.717) is 34.3 Å².